The van der Waals surface area contributed by atoms with Crippen LogP contribution in [0.2, 0.25) is 0 Å². The van der Waals surface area contributed by atoms with Crippen LogP contribution in [0, 0.1) is 0 Å². The van der Waals surface area contributed by atoms with E-state index in [1.54, 1.807) is 34.9 Å². The molecular formula is C25H27N7O4. The number of nitrogens with zero attached hydrogens (tertiary/aromatic N) is 5. The number of carbonyl (C=O) groups is 1. The van der Waals surface area contributed by atoms with Crippen LogP contribution in [-0.4, -0.2) is 62.1 Å². The van der Waals surface area contributed by atoms with Gasteiger partial charge in [0, 0.05) is 38.0 Å². The summed E-state index contributed by atoms with van der Waals surface area (Å²) in [6, 6.07) is 14.3. The molecular weight excluding hydrogens is 462 g/mol. The first-order chi connectivity index (χ1) is 17.5. The van der Waals surface area contributed by atoms with Crippen molar-refractivity contribution in [3.05, 3.63) is 75.6 Å². The highest BCUT2D eigenvalue weighted by Crippen LogP contribution is 2.25. The van der Waals surface area contributed by atoms with Gasteiger partial charge in [0.15, 0.2) is 5.65 Å². The molecule has 0 bridgehead atoms. The van der Waals surface area contributed by atoms with Crippen molar-refractivity contribution in [2.75, 3.05) is 32.1 Å². The molecule has 11 nitrogen and oxygen atoms in total. The van der Waals surface area contributed by atoms with Crippen LogP contribution < -0.4 is 16.6 Å². The predicted molar refractivity (Wildman–Crippen MR) is 135 cm³/mol. The number of urea groups is 1. The molecule has 1 aliphatic rings. The van der Waals surface area contributed by atoms with Crippen LogP contribution in [0.25, 0.3) is 22.4 Å². The second kappa shape index (κ2) is 10.2. The minimum atomic E-state index is -0.396. The molecule has 1 saturated heterocycles. The largest absolute Gasteiger partial charge is 0.383 e. The summed E-state index contributed by atoms with van der Waals surface area (Å²) in [7, 11) is 1.55. The van der Waals surface area contributed by atoms with Crippen LogP contribution in [0.15, 0.2) is 64.3 Å². The zero-order valence-corrected chi connectivity index (χ0v) is 19.9. The lowest BCUT2D eigenvalue weighted by molar-refractivity contribution is 0.181. The molecule has 2 amide bonds. The summed E-state index contributed by atoms with van der Waals surface area (Å²) in [6.45, 7) is 1.47. The zero-order chi connectivity index (χ0) is 25.1. The van der Waals surface area contributed by atoms with E-state index in [1.807, 2.05) is 36.4 Å². The molecule has 5 rings (SSSR count). The van der Waals surface area contributed by atoms with Gasteiger partial charge >= 0.3 is 11.7 Å². The molecule has 3 aromatic heterocycles. The Morgan fingerprint density at radius 1 is 1.14 bits per heavy atom. The molecule has 0 unspecified atom stereocenters. The smallest absolute Gasteiger partial charge is 0.327 e. The van der Waals surface area contributed by atoms with Gasteiger partial charge in [0.25, 0.3) is 5.56 Å². The van der Waals surface area contributed by atoms with E-state index < -0.39 is 5.56 Å². The summed E-state index contributed by atoms with van der Waals surface area (Å²) in [5.41, 5.74) is 2.28. The van der Waals surface area contributed by atoms with Crippen molar-refractivity contribution < 1.29 is 9.53 Å². The van der Waals surface area contributed by atoms with E-state index in [0.717, 1.165) is 11.1 Å². The van der Waals surface area contributed by atoms with Crippen LogP contribution in [0.3, 0.4) is 0 Å². The monoisotopic (exact) mass is 489 g/mol. The number of H-pyrrole nitrogens is 1. The Balaban J connectivity index is 1.33. The maximum atomic E-state index is 13.1. The lowest BCUT2D eigenvalue weighted by Crippen LogP contribution is -2.43. The number of aromatic amines is 1. The average molecular weight is 490 g/mol. The van der Waals surface area contributed by atoms with Crippen LogP contribution in [-0.2, 0) is 11.3 Å². The second-order valence-electron chi connectivity index (χ2n) is 8.65. The highest BCUT2D eigenvalue weighted by Gasteiger charge is 2.27. The first-order valence-corrected chi connectivity index (χ1v) is 11.8. The van der Waals surface area contributed by atoms with Gasteiger partial charge in [-0.1, -0.05) is 30.3 Å². The lowest BCUT2D eigenvalue weighted by Gasteiger charge is -2.32. The quantitative estimate of drug-likeness (QED) is 0.428. The Kier molecular flexibility index (Phi) is 6.63. The Hall–Kier alpha value is -4.25. The molecule has 2 N–H and O–H groups in total. The van der Waals surface area contributed by atoms with Gasteiger partial charge in [-0.05, 0) is 31.0 Å². The number of hydrogen-bond acceptors (Lipinski definition) is 6. The average Bonchev–Trinajstić information content (AvgIpc) is 3.25. The maximum Gasteiger partial charge on any atom is 0.327 e. The number of amides is 2. The van der Waals surface area contributed by atoms with E-state index in [4.69, 9.17) is 4.74 Å². The number of ether oxygens (including phenoxy) is 1. The normalized spacial score (nSPS) is 14.3. The van der Waals surface area contributed by atoms with Crippen LogP contribution in [0.4, 0.5) is 10.5 Å². The van der Waals surface area contributed by atoms with Crippen molar-refractivity contribution in [3.8, 4) is 11.3 Å². The topological polar surface area (TPSA) is 127 Å². The molecule has 4 heterocycles. The molecule has 186 valence electrons. The summed E-state index contributed by atoms with van der Waals surface area (Å²) in [4.78, 5) is 47.3. The van der Waals surface area contributed by atoms with Crippen LogP contribution >= 0.6 is 0 Å². The van der Waals surface area contributed by atoms with E-state index in [0.29, 0.717) is 43.9 Å². The molecule has 1 fully saturated rings. The van der Waals surface area contributed by atoms with Crippen molar-refractivity contribution in [2.24, 2.45) is 0 Å². The zero-order valence-electron chi connectivity index (χ0n) is 19.9. The van der Waals surface area contributed by atoms with Crippen LogP contribution in [0.1, 0.15) is 18.9 Å². The van der Waals surface area contributed by atoms with Crippen molar-refractivity contribution in [1.82, 2.24) is 29.2 Å². The third-order valence-electron chi connectivity index (χ3n) is 6.40. The summed E-state index contributed by atoms with van der Waals surface area (Å²) in [6.07, 6.45) is 2.86. The molecule has 0 spiro atoms. The Morgan fingerprint density at radius 3 is 2.67 bits per heavy atom. The van der Waals surface area contributed by atoms with E-state index in [1.165, 1.54) is 4.68 Å². The Morgan fingerprint density at radius 2 is 1.92 bits per heavy atom. The first kappa shape index (κ1) is 23.5. The third-order valence-corrected chi connectivity index (χ3v) is 6.40. The van der Waals surface area contributed by atoms with E-state index >= 15 is 0 Å². The van der Waals surface area contributed by atoms with Crippen molar-refractivity contribution in [1.29, 1.82) is 0 Å². The number of piperidine rings is 1. The van der Waals surface area contributed by atoms with Gasteiger partial charge < -0.3 is 15.0 Å². The van der Waals surface area contributed by atoms with Gasteiger partial charge in [0.1, 0.15) is 5.69 Å². The Bertz CT molecular complexity index is 1480. The van der Waals surface area contributed by atoms with E-state index in [9.17, 15) is 14.4 Å². The lowest BCUT2D eigenvalue weighted by atomic mass is 10.0. The van der Waals surface area contributed by atoms with Gasteiger partial charge in [0.2, 0.25) is 0 Å². The molecule has 0 saturated carbocycles. The SMILES string of the molecule is COCCn1nc(-c2ccccc2)cc(NC(=O)N2CCC(n3c(=O)[nH]c4ncccc43)CC2)c1=O. The Labute approximate surface area is 206 Å². The number of imidazole rings is 1. The fraction of sp³-hybridized carbons (Fsp3) is 0.320. The highest BCUT2D eigenvalue weighted by atomic mass is 16.5. The van der Waals surface area contributed by atoms with Gasteiger partial charge in [-0.25, -0.2) is 19.3 Å². The fourth-order valence-electron chi connectivity index (χ4n) is 4.55. The van der Waals surface area contributed by atoms with Crippen molar-refractivity contribution in [3.63, 3.8) is 0 Å². The van der Waals surface area contributed by atoms with Gasteiger partial charge in [0.05, 0.1) is 24.4 Å². The summed E-state index contributed by atoms with van der Waals surface area (Å²) >= 11 is 0. The summed E-state index contributed by atoms with van der Waals surface area (Å²) in [5, 5.41) is 7.24. The molecule has 0 aliphatic carbocycles. The minimum Gasteiger partial charge on any atom is -0.383 e. The molecule has 1 aromatic carbocycles. The van der Waals surface area contributed by atoms with Gasteiger partial charge in [-0.15, -0.1) is 0 Å². The number of fused-ring (bicyclic) bond motifs is 1. The number of methoxy groups -OCH3 is 1. The van der Waals surface area contributed by atoms with Crippen molar-refractivity contribution >= 4 is 22.9 Å². The summed E-state index contributed by atoms with van der Waals surface area (Å²) < 4.78 is 8.15. The predicted octanol–water partition coefficient (Wildman–Crippen LogP) is 2.46. The van der Waals surface area contributed by atoms with Crippen LogP contribution in [0.5, 0.6) is 0 Å². The molecule has 0 radical (unpaired) electrons. The summed E-state index contributed by atoms with van der Waals surface area (Å²) in [5.74, 6) is 0. The number of likely N-dealkylation sites (tertiary alicyclic amines) is 1. The number of pyridine rings is 1. The molecule has 11 heteroatoms. The van der Waals surface area contributed by atoms with Gasteiger partial charge in [-0.3, -0.25) is 14.3 Å². The molecule has 36 heavy (non-hydrogen) atoms. The number of aromatic nitrogens is 5. The van der Waals surface area contributed by atoms with E-state index in [-0.39, 0.29) is 30.0 Å². The fourth-order valence-corrected chi connectivity index (χ4v) is 4.55. The highest BCUT2D eigenvalue weighted by molar-refractivity contribution is 5.89. The number of anilines is 1. The third kappa shape index (κ3) is 4.65. The molecule has 0 atom stereocenters. The van der Waals surface area contributed by atoms with E-state index in [2.05, 4.69) is 20.4 Å². The number of carbonyl (C=O) groups excluding carboxylic acids is 1. The number of benzene rings is 1. The second-order valence-corrected chi connectivity index (χ2v) is 8.65. The number of rotatable bonds is 6. The molecule has 4 aromatic rings. The van der Waals surface area contributed by atoms with Crippen molar-refractivity contribution in [2.45, 2.75) is 25.4 Å². The number of hydrogen-bond donors (Lipinski definition) is 2. The molecule has 1 aliphatic heterocycles. The maximum absolute atomic E-state index is 13.1. The van der Waals surface area contributed by atoms with Gasteiger partial charge in [-0.2, -0.15) is 5.10 Å². The first-order valence-electron chi connectivity index (χ1n) is 11.8. The standard InChI is InChI=1S/C25H27N7O4/c1-36-15-14-31-23(33)20(16-19(29-31)17-6-3-2-4-7-17)27-24(34)30-12-9-18(10-13-30)32-21-8-5-11-26-22(21)28-25(32)35/h2-8,11,16,18H,9-10,12-15H2,1H3,(H,27,34)(H,26,28,35). The minimum absolute atomic E-state index is 0.0450. The number of nitrogens with one attached hydrogen (secondary N) is 2.